The third kappa shape index (κ3) is 3.96. The molecule has 0 radical (unpaired) electrons. The zero-order valence-electron chi connectivity index (χ0n) is 14.3. The van der Waals surface area contributed by atoms with Gasteiger partial charge in [-0.1, -0.05) is 37.3 Å². The number of aromatic nitrogens is 3. The molecule has 1 atom stereocenters. The lowest BCUT2D eigenvalue weighted by Crippen LogP contribution is -2.54. The maximum Gasteiger partial charge on any atom is 0.324 e. The van der Waals surface area contributed by atoms with Crippen LogP contribution in [0.4, 0.5) is 13.6 Å². The molecule has 2 aliphatic rings. The zero-order chi connectivity index (χ0) is 18.0. The quantitative estimate of drug-likeness (QED) is 0.880. The molecule has 1 N–H and O–H groups in total. The van der Waals surface area contributed by atoms with Gasteiger partial charge in [0, 0.05) is 19.5 Å². The Morgan fingerprint density at radius 2 is 1.96 bits per heavy atom. The van der Waals surface area contributed by atoms with E-state index < -0.39 is 12.5 Å². The lowest BCUT2D eigenvalue weighted by molar-refractivity contribution is -0.130. The van der Waals surface area contributed by atoms with Crippen molar-refractivity contribution >= 4 is 11.9 Å². The summed E-state index contributed by atoms with van der Waals surface area (Å²) in [5.74, 6) is 0.194. The number of aryl methyl sites for hydroxylation is 1. The summed E-state index contributed by atoms with van der Waals surface area (Å²) in [6, 6.07) is -0.710. The SMILES string of the molecule is Cn1nnc(CN2C(=O)C[C@H](CC3CCCCC3)NC2=O)c1C(F)F. The van der Waals surface area contributed by atoms with Crippen molar-refractivity contribution < 1.29 is 18.4 Å². The largest absolute Gasteiger partial charge is 0.334 e. The molecular formula is C16H23F2N5O2. The molecule has 1 aliphatic heterocycles. The lowest BCUT2D eigenvalue weighted by Gasteiger charge is -2.33. The van der Waals surface area contributed by atoms with E-state index in [9.17, 15) is 18.4 Å². The first-order valence-corrected chi connectivity index (χ1v) is 8.73. The highest BCUT2D eigenvalue weighted by Crippen LogP contribution is 2.29. The fourth-order valence-corrected chi connectivity index (χ4v) is 3.80. The van der Waals surface area contributed by atoms with Crippen LogP contribution in [0.5, 0.6) is 0 Å². The second-order valence-electron chi connectivity index (χ2n) is 6.92. The average Bonchev–Trinajstić information content (AvgIpc) is 2.92. The Kier molecular flexibility index (Phi) is 5.29. The van der Waals surface area contributed by atoms with Crippen LogP contribution in [-0.2, 0) is 18.4 Å². The molecule has 1 aromatic rings. The predicted molar refractivity (Wildman–Crippen MR) is 84.6 cm³/mol. The van der Waals surface area contributed by atoms with Crippen molar-refractivity contribution in [3.8, 4) is 0 Å². The number of urea groups is 1. The van der Waals surface area contributed by atoms with Crippen molar-refractivity contribution in [2.24, 2.45) is 13.0 Å². The summed E-state index contributed by atoms with van der Waals surface area (Å²) in [5, 5.41) is 10.1. The van der Waals surface area contributed by atoms with Crippen LogP contribution in [0.3, 0.4) is 0 Å². The van der Waals surface area contributed by atoms with Crippen molar-refractivity contribution in [3.05, 3.63) is 11.4 Å². The number of hydrogen-bond donors (Lipinski definition) is 1. The smallest absolute Gasteiger partial charge is 0.324 e. The molecule has 2 heterocycles. The molecule has 0 aromatic carbocycles. The van der Waals surface area contributed by atoms with Gasteiger partial charge in [0.15, 0.2) is 0 Å². The number of nitrogens with zero attached hydrogens (tertiary/aromatic N) is 4. The molecule has 1 aliphatic carbocycles. The van der Waals surface area contributed by atoms with Crippen LogP contribution in [0.1, 0.15) is 62.8 Å². The Morgan fingerprint density at radius 3 is 2.60 bits per heavy atom. The normalized spacial score (nSPS) is 22.6. The van der Waals surface area contributed by atoms with E-state index in [0.717, 1.165) is 28.8 Å². The first-order chi connectivity index (χ1) is 12.0. The van der Waals surface area contributed by atoms with Crippen molar-refractivity contribution in [2.75, 3.05) is 0 Å². The minimum absolute atomic E-state index is 0.0493. The lowest BCUT2D eigenvalue weighted by atomic mass is 9.84. The van der Waals surface area contributed by atoms with Gasteiger partial charge < -0.3 is 5.32 Å². The molecule has 1 aromatic heterocycles. The van der Waals surface area contributed by atoms with E-state index >= 15 is 0 Å². The molecule has 3 rings (SSSR count). The second kappa shape index (κ2) is 7.45. The Balaban J connectivity index is 1.63. The van der Waals surface area contributed by atoms with Crippen molar-refractivity contribution in [3.63, 3.8) is 0 Å². The van der Waals surface area contributed by atoms with Crippen molar-refractivity contribution in [1.29, 1.82) is 0 Å². The minimum Gasteiger partial charge on any atom is -0.334 e. The van der Waals surface area contributed by atoms with Crippen LogP contribution in [0.15, 0.2) is 0 Å². The zero-order valence-corrected chi connectivity index (χ0v) is 14.3. The van der Waals surface area contributed by atoms with Gasteiger partial charge >= 0.3 is 6.03 Å². The van der Waals surface area contributed by atoms with E-state index in [4.69, 9.17) is 0 Å². The van der Waals surface area contributed by atoms with Gasteiger partial charge in [-0.05, 0) is 12.3 Å². The number of rotatable bonds is 5. The summed E-state index contributed by atoms with van der Waals surface area (Å²) in [6.45, 7) is -0.283. The van der Waals surface area contributed by atoms with Gasteiger partial charge in [0.1, 0.15) is 11.4 Å². The Morgan fingerprint density at radius 1 is 1.24 bits per heavy atom. The second-order valence-corrected chi connectivity index (χ2v) is 6.92. The summed E-state index contributed by atoms with van der Waals surface area (Å²) in [6.07, 6.45) is 4.18. The van der Waals surface area contributed by atoms with Gasteiger partial charge in [-0.25, -0.2) is 18.3 Å². The molecule has 1 saturated carbocycles. The maximum atomic E-state index is 13.1. The summed E-state index contributed by atoms with van der Waals surface area (Å²) in [4.78, 5) is 25.6. The fraction of sp³-hybridized carbons (Fsp3) is 0.750. The molecule has 138 valence electrons. The third-order valence-electron chi connectivity index (χ3n) is 5.10. The number of halogens is 2. The van der Waals surface area contributed by atoms with Crippen molar-refractivity contribution in [2.45, 2.75) is 64.0 Å². The van der Waals surface area contributed by atoms with Crippen molar-refractivity contribution in [1.82, 2.24) is 25.2 Å². The van der Waals surface area contributed by atoms with E-state index in [0.29, 0.717) is 5.92 Å². The molecule has 25 heavy (non-hydrogen) atoms. The fourth-order valence-electron chi connectivity index (χ4n) is 3.80. The van der Waals surface area contributed by atoms with Crippen LogP contribution < -0.4 is 5.32 Å². The molecular weight excluding hydrogens is 332 g/mol. The Bertz CT molecular complexity index is 624. The van der Waals surface area contributed by atoms with E-state index in [1.165, 1.54) is 26.3 Å². The predicted octanol–water partition coefficient (Wildman–Crippen LogP) is 2.53. The first-order valence-electron chi connectivity index (χ1n) is 8.73. The van der Waals surface area contributed by atoms with Crippen LogP contribution in [-0.4, -0.2) is 37.9 Å². The molecule has 7 nitrogen and oxygen atoms in total. The number of carbonyl (C=O) groups excluding carboxylic acids is 2. The number of carbonyl (C=O) groups is 2. The third-order valence-corrected chi connectivity index (χ3v) is 5.10. The monoisotopic (exact) mass is 355 g/mol. The topological polar surface area (TPSA) is 80.1 Å². The minimum atomic E-state index is -2.77. The Labute approximate surface area is 144 Å². The van der Waals surface area contributed by atoms with Gasteiger partial charge in [0.2, 0.25) is 5.91 Å². The van der Waals surface area contributed by atoms with Gasteiger partial charge in [0.25, 0.3) is 6.43 Å². The first kappa shape index (κ1) is 17.8. The Hall–Kier alpha value is -2.06. The van der Waals surface area contributed by atoms with E-state index in [-0.39, 0.29) is 36.3 Å². The number of imide groups is 1. The summed E-state index contributed by atoms with van der Waals surface area (Å²) >= 11 is 0. The summed E-state index contributed by atoms with van der Waals surface area (Å²) < 4.78 is 27.1. The van der Waals surface area contributed by atoms with E-state index in [1.807, 2.05) is 0 Å². The molecule has 1 saturated heterocycles. The molecule has 2 fully saturated rings. The summed E-state index contributed by atoms with van der Waals surface area (Å²) in [7, 11) is 1.36. The number of amides is 3. The highest BCUT2D eigenvalue weighted by molar-refractivity contribution is 5.97. The molecule has 0 unspecified atom stereocenters. The van der Waals surface area contributed by atoms with Crippen LogP contribution >= 0.6 is 0 Å². The van der Waals surface area contributed by atoms with Crippen LogP contribution in [0.2, 0.25) is 0 Å². The van der Waals surface area contributed by atoms with E-state index in [2.05, 4.69) is 15.6 Å². The van der Waals surface area contributed by atoms with Crippen LogP contribution in [0.25, 0.3) is 0 Å². The van der Waals surface area contributed by atoms with Crippen LogP contribution in [0, 0.1) is 5.92 Å². The summed E-state index contributed by atoms with van der Waals surface area (Å²) in [5.41, 5.74) is -0.420. The average molecular weight is 355 g/mol. The number of hydrogen-bond acceptors (Lipinski definition) is 4. The standard InChI is InChI=1S/C16H23F2N5O2/c1-22-14(15(17)18)12(20-21-22)9-23-13(24)8-11(19-16(23)25)7-10-5-3-2-4-6-10/h10-11,15H,2-9H2,1H3,(H,19,25)/t11-/m0/s1. The highest BCUT2D eigenvalue weighted by Gasteiger charge is 2.35. The molecule has 0 spiro atoms. The molecule has 0 bridgehead atoms. The van der Waals surface area contributed by atoms with Gasteiger partial charge in [-0.3, -0.25) is 9.69 Å². The van der Waals surface area contributed by atoms with Gasteiger partial charge in [-0.15, -0.1) is 5.10 Å². The maximum absolute atomic E-state index is 13.1. The van der Waals surface area contributed by atoms with E-state index in [1.54, 1.807) is 0 Å². The highest BCUT2D eigenvalue weighted by atomic mass is 19.3. The number of nitrogens with one attached hydrogen (secondary N) is 1. The molecule has 9 heteroatoms. The number of alkyl halides is 2. The van der Waals surface area contributed by atoms with Gasteiger partial charge in [0.05, 0.1) is 6.54 Å². The molecule has 3 amide bonds. The van der Waals surface area contributed by atoms with Gasteiger partial charge in [-0.2, -0.15) is 0 Å².